The van der Waals surface area contributed by atoms with Crippen molar-refractivity contribution in [3.63, 3.8) is 0 Å². The lowest BCUT2D eigenvalue weighted by atomic mass is 10.0. The molecule has 6 heteroatoms. The fourth-order valence-corrected chi connectivity index (χ4v) is 1.80. The van der Waals surface area contributed by atoms with Crippen LogP contribution in [0.1, 0.15) is 6.92 Å². The van der Waals surface area contributed by atoms with Gasteiger partial charge in [-0.25, -0.2) is 0 Å². The van der Waals surface area contributed by atoms with Crippen molar-refractivity contribution in [3.8, 4) is 11.8 Å². The fraction of sp³-hybridized carbons (Fsp3) is 0.308. The van der Waals surface area contributed by atoms with E-state index in [2.05, 4.69) is 21.2 Å². The van der Waals surface area contributed by atoms with Crippen LogP contribution < -0.4 is 10.1 Å². The molecule has 0 aromatic heterocycles. The van der Waals surface area contributed by atoms with Crippen LogP contribution in [0, 0.1) is 17.2 Å². The molecule has 0 saturated carbocycles. The zero-order chi connectivity index (χ0) is 14.4. The number of benzene rings is 1. The highest BCUT2D eigenvalue weighted by Gasteiger charge is 2.31. The molecule has 0 saturated heterocycles. The van der Waals surface area contributed by atoms with Crippen LogP contribution in [0.15, 0.2) is 28.7 Å². The molecule has 1 N–H and O–H groups in total. The number of ether oxygens (including phenoxy) is 1. The van der Waals surface area contributed by atoms with E-state index in [0.29, 0.717) is 10.2 Å². The molecule has 19 heavy (non-hydrogen) atoms. The largest absolute Gasteiger partial charge is 0.482 e. The lowest BCUT2D eigenvalue weighted by Crippen LogP contribution is -2.38. The molecule has 1 amide bonds. The van der Waals surface area contributed by atoms with Gasteiger partial charge in [-0.3, -0.25) is 9.59 Å². The van der Waals surface area contributed by atoms with Gasteiger partial charge in [0.05, 0.1) is 10.5 Å². The predicted molar refractivity (Wildman–Crippen MR) is 72.4 cm³/mol. The maximum atomic E-state index is 12.0. The van der Waals surface area contributed by atoms with Crippen LogP contribution in [0.3, 0.4) is 0 Å². The molecule has 0 fully saturated rings. The van der Waals surface area contributed by atoms with Gasteiger partial charge in [-0.1, -0.05) is 12.1 Å². The molecule has 0 aliphatic carbocycles. The monoisotopic (exact) mass is 324 g/mol. The number of hydrogen-bond donors (Lipinski definition) is 1. The Morgan fingerprint density at radius 2 is 2.05 bits per heavy atom. The number of amides is 1. The first kappa shape index (κ1) is 15.2. The number of rotatable bonds is 5. The summed E-state index contributed by atoms with van der Waals surface area (Å²) in [6.45, 7) is 1.51. The van der Waals surface area contributed by atoms with Crippen molar-refractivity contribution in [1.29, 1.82) is 5.26 Å². The average molecular weight is 325 g/mol. The van der Waals surface area contributed by atoms with E-state index in [1.165, 1.54) is 14.0 Å². The van der Waals surface area contributed by atoms with Crippen LogP contribution in [0.25, 0.3) is 0 Å². The Labute approximate surface area is 119 Å². The third-order valence-corrected chi connectivity index (χ3v) is 3.12. The fourth-order valence-electron chi connectivity index (χ4n) is 1.42. The van der Waals surface area contributed by atoms with Crippen molar-refractivity contribution in [2.24, 2.45) is 5.92 Å². The minimum atomic E-state index is -1.36. The number of nitrogens with zero attached hydrogens (tertiary/aromatic N) is 1. The maximum absolute atomic E-state index is 12.0. The average Bonchev–Trinajstić information content (AvgIpc) is 2.41. The highest BCUT2D eigenvalue weighted by molar-refractivity contribution is 9.10. The van der Waals surface area contributed by atoms with Gasteiger partial charge >= 0.3 is 0 Å². The van der Waals surface area contributed by atoms with E-state index in [9.17, 15) is 9.59 Å². The number of halogens is 1. The molecular weight excluding hydrogens is 312 g/mol. The molecule has 0 radical (unpaired) electrons. The molecule has 0 spiro atoms. The van der Waals surface area contributed by atoms with Crippen molar-refractivity contribution < 1.29 is 14.3 Å². The molecule has 0 aliphatic rings. The van der Waals surface area contributed by atoms with Crippen molar-refractivity contribution in [3.05, 3.63) is 28.7 Å². The van der Waals surface area contributed by atoms with Gasteiger partial charge in [0.15, 0.2) is 17.8 Å². The minimum Gasteiger partial charge on any atom is -0.482 e. The molecule has 1 aromatic rings. The zero-order valence-electron chi connectivity index (χ0n) is 10.5. The molecule has 2 atom stereocenters. The van der Waals surface area contributed by atoms with E-state index in [0.717, 1.165) is 0 Å². The van der Waals surface area contributed by atoms with Crippen molar-refractivity contribution in [2.45, 2.75) is 13.0 Å². The second kappa shape index (κ2) is 6.90. The summed E-state index contributed by atoms with van der Waals surface area (Å²) in [5.41, 5.74) is 0. The Bertz CT molecular complexity index is 525. The number of carbonyl (C=O) groups is 2. The van der Waals surface area contributed by atoms with Crippen molar-refractivity contribution >= 4 is 27.6 Å². The number of Topliss-reactive ketones (excluding diaryl/α,β-unsaturated/α-hetero) is 1. The van der Waals surface area contributed by atoms with Crippen LogP contribution in [0.5, 0.6) is 5.75 Å². The summed E-state index contributed by atoms with van der Waals surface area (Å²) in [6.07, 6.45) is -0.888. The van der Waals surface area contributed by atoms with E-state index in [4.69, 9.17) is 10.00 Å². The van der Waals surface area contributed by atoms with E-state index in [-0.39, 0.29) is 0 Å². The first-order chi connectivity index (χ1) is 9.01. The number of carbonyl (C=O) groups excluding carboxylic acids is 2. The van der Waals surface area contributed by atoms with Gasteiger partial charge < -0.3 is 10.1 Å². The Morgan fingerprint density at radius 3 is 2.58 bits per heavy atom. The second-order valence-electron chi connectivity index (χ2n) is 3.77. The summed E-state index contributed by atoms with van der Waals surface area (Å²) in [5, 5.41) is 11.2. The molecule has 0 aliphatic heterocycles. The number of ketones is 1. The van der Waals surface area contributed by atoms with Crippen LogP contribution in [0.2, 0.25) is 0 Å². The van der Waals surface area contributed by atoms with E-state index >= 15 is 0 Å². The summed E-state index contributed by atoms with van der Waals surface area (Å²) < 4.78 is 6.15. The SMILES string of the molecule is CNC(=O)[C@H](C#N)C(=O)[C@@H](C)Oc1ccccc1Br. The molecule has 0 bridgehead atoms. The van der Waals surface area contributed by atoms with Crippen molar-refractivity contribution in [2.75, 3.05) is 7.05 Å². The number of hydrogen-bond acceptors (Lipinski definition) is 4. The molecule has 100 valence electrons. The number of nitriles is 1. The Balaban J connectivity index is 2.81. The van der Waals surface area contributed by atoms with E-state index < -0.39 is 23.7 Å². The van der Waals surface area contributed by atoms with Gasteiger partial charge in [-0.2, -0.15) is 5.26 Å². The van der Waals surface area contributed by atoms with Gasteiger partial charge in [0.25, 0.3) is 0 Å². The van der Waals surface area contributed by atoms with E-state index in [1.54, 1.807) is 24.3 Å². The van der Waals surface area contributed by atoms with Gasteiger partial charge in [0.1, 0.15) is 5.75 Å². The highest BCUT2D eigenvalue weighted by Crippen LogP contribution is 2.25. The van der Waals surface area contributed by atoms with Gasteiger partial charge in [0, 0.05) is 7.05 Å². The highest BCUT2D eigenvalue weighted by atomic mass is 79.9. The predicted octanol–water partition coefficient (Wildman–Crippen LogP) is 1.67. The Kier molecular flexibility index (Phi) is 5.52. The zero-order valence-corrected chi connectivity index (χ0v) is 12.1. The summed E-state index contributed by atoms with van der Waals surface area (Å²) in [4.78, 5) is 23.4. The van der Waals surface area contributed by atoms with Crippen LogP contribution >= 0.6 is 15.9 Å². The van der Waals surface area contributed by atoms with Gasteiger partial charge in [0.2, 0.25) is 5.91 Å². The van der Waals surface area contributed by atoms with Crippen molar-refractivity contribution in [1.82, 2.24) is 5.32 Å². The third-order valence-electron chi connectivity index (χ3n) is 2.46. The minimum absolute atomic E-state index is 0.483. The summed E-state index contributed by atoms with van der Waals surface area (Å²) in [5.74, 6) is -2.08. The Hall–Kier alpha value is -1.87. The van der Waals surface area contributed by atoms with E-state index in [1.807, 2.05) is 6.07 Å². The first-order valence-electron chi connectivity index (χ1n) is 5.57. The lowest BCUT2D eigenvalue weighted by molar-refractivity contribution is -0.135. The number of nitrogens with one attached hydrogen (secondary N) is 1. The topological polar surface area (TPSA) is 79.2 Å². The summed E-state index contributed by atoms with van der Waals surface area (Å²) in [7, 11) is 1.37. The molecule has 0 heterocycles. The molecule has 5 nitrogen and oxygen atoms in total. The smallest absolute Gasteiger partial charge is 0.244 e. The lowest BCUT2D eigenvalue weighted by Gasteiger charge is -2.16. The van der Waals surface area contributed by atoms with Gasteiger partial charge in [-0.05, 0) is 35.0 Å². The number of para-hydroxylation sites is 1. The summed E-state index contributed by atoms with van der Waals surface area (Å²) in [6, 6.07) is 8.71. The van der Waals surface area contributed by atoms with Crippen LogP contribution in [-0.4, -0.2) is 24.8 Å². The van der Waals surface area contributed by atoms with Gasteiger partial charge in [-0.15, -0.1) is 0 Å². The standard InChI is InChI=1S/C13H13BrN2O3/c1-8(12(17)9(7-15)13(18)16-2)19-11-6-4-3-5-10(11)14/h3-6,8-9H,1-2H3,(H,16,18)/t8-,9-/m1/s1. The molecule has 1 aromatic carbocycles. The first-order valence-corrected chi connectivity index (χ1v) is 6.36. The van der Waals surface area contributed by atoms with Crippen LogP contribution in [0.4, 0.5) is 0 Å². The Morgan fingerprint density at radius 1 is 1.42 bits per heavy atom. The molecule has 1 rings (SSSR count). The maximum Gasteiger partial charge on any atom is 0.244 e. The molecular formula is C13H13BrN2O3. The quantitative estimate of drug-likeness (QED) is 0.835. The summed E-state index contributed by atoms with van der Waals surface area (Å²) >= 11 is 3.29. The molecule has 0 unspecified atom stereocenters. The second-order valence-corrected chi connectivity index (χ2v) is 4.62. The normalized spacial score (nSPS) is 12.9. The third kappa shape index (κ3) is 3.80. The van der Waals surface area contributed by atoms with Crippen LogP contribution in [-0.2, 0) is 9.59 Å².